The van der Waals surface area contributed by atoms with Crippen LogP contribution in [0, 0.1) is 11.8 Å². The number of benzene rings is 3. The quantitative estimate of drug-likeness (QED) is 0.0479. The van der Waals surface area contributed by atoms with E-state index < -0.39 is 72.9 Å². The van der Waals surface area contributed by atoms with Crippen molar-refractivity contribution < 1.29 is 53.6 Å². The van der Waals surface area contributed by atoms with Crippen LogP contribution in [0.15, 0.2) is 90.0 Å². The summed E-state index contributed by atoms with van der Waals surface area (Å²) in [5, 5.41) is 39.6. The summed E-state index contributed by atoms with van der Waals surface area (Å²) in [7, 11) is 3.18. The lowest BCUT2D eigenvalue weighted by Crippen LogP contribution is -2.58. The number of imide groups is 1. The van der Waals surface area contributed by atoms with Gasteiger partial charge < -0.3 is 65.8 Å². The van der Waals surface area contributed by atoms with E-state index in [-0.39, 0.29) is 36.8 Å². The minimum atomic E-state index is -1.69. The number of nitrogens with zero attached hydrogens (tertiary/aromatic N) is 7. The highest BCUT2D eigenvalue weighted by atomic mass is 16.5. The number of aryl methyl sites for hydroxylation is 1. The Morgan fingerprint density at radius 3 is 2.33 bits per heavy atom. The van der Waals surface area contributed by atoms with E-state index in [0.29, 0.717) is 46.7 Å². The van der Waals surface area contributed by atoms with Crippen LogP contribution in [-0.2, 0) is 41.4 Å². The third-order valence-electron chi connectivity index (χ3n) is 16.6. The predicted molar refractivity (Wildman–Crippen MR) is 314 cm³/mol. The standard InChI is InChI=1S/C61H70N12O12/c1-60(65-23-7-8-37-11-16-49(84-3)48(30-37)72-27-20-50(75)73(59(72)83)36-64-56(81)47(33-52(78)79)66-55(80)45(62)32-51(76)77)21-28-70(29-22-60)40-18-25-71(26-19-40)58-67-46-15-12-38(44-34-69(2)57(82)53-42(44)17-24-63-53)31-43(46)54(68-58)61(35-74,85-41-13-14-41)39-9-5-4-6-10-39/h4-6,9-12,15-17,24,30-31,34,40-41,45,47,63,65,74H,13-14,18-23,25-29,32-33,35-36,62H2,1-3H3,(H,64,81)(H,66,80)(H,76,77)(H,78,79)/t45-,47+,61+/m1/s1. The molecule has 0 bridgehead atoms. The molecule has 3 aliphatic heterocycles. The largest absolute Gasteiger partial charge is 0.495 e. The van der Waals surface area contributed by atoms with Crippen LogP contribution in [0.2, 0.25) is 0 Å². The molecule has 4 fully saturated rings. The SMILES string of the molecule is COc1ccc(C#CCNC2(C)CCN(C3CCN(c4nc([C@@](CO)(OC5CC5)c5ccccc5)c5cc(-c6cn(C)c(=O)c7[nH]ccc67)ccc5n4)CC3)CC2)cc1N1CCC(=O)N(CNC(=O)[C@H](CC(=O)O)NC(=O)[C@H](N)CC(=O)O)C1=O. The van der Waals surface area contributed by atoms with Gasteiger partial charge in [-0.3, -0.25) is 33.7 Å². The Morgan fingerprint density at radius 1 is 0.894 bits per heavy atom. The highest BCUT2D eigenvalue weighted by Crippen LogP contribution is 2.44. The number of pyridine rings is 1. The van der Waals surface area contributed by atoms with Gasteiger partial charge in [-0.25, -0.2) is 19.7 Å². The van der Waals surface area contributed by atoms with E-state index in [9.17, 15) is 43.8 Å². The fourth-order valence-corrected chi connectivity index (χ4v) is 11.5. The number of urea groups is 1. The summed E-state index contributed by atoms with van der Waals surface area (Å²) in [6.07, 6.45) is 7.23. The number of amides is 5. The van der Waals surface area contributed by atoms with Gasteiger partial charge in [0.15, 0.2) is 5.60 Å². The van der Waals surface area contributed by atoms with Crippen molar-refractivity contribution in [3.05, 3.63) is 112 Å². The number of likely N-dealkylation sites (tertiary alicyclic amines) is 1. The molecular formula is C61H70N12O12. The van der Waals surface area contributed by atoms with E-state index in [0.717, 1.165) is 103 Å². The number of carbonyl (C=O) groups is 6. The molecule has 1 saturated carbocycles. The number of carboxylic acid groups (broad SMARTS) is 2. The van der Waals surface area contributed by atoms with Crippen molar-refractivity contribution in [2.75, 3.05) is 69.5 Å². The zero-order chi connectivity index (χ0) is 60.2. The Balaban J connectivity index is 0.770. The molecule has 6 aromatic rings. The third kappa shape index (κ3) is 13.0. The lowest BCUT2D eigenvalue weighted by molar-refractivity contribution is -0.142. The Labute approximate surface area is 489 Å². The Bertz CT molecular complexity index is 3650. The van der Waals surface area contributed by atoms with Gasteiger partial charge in [0.1, 0.15) is 24.0 Å². The monoisotopic (exact) mass is 1160 g/mol. The lowest BCUT2D eigenvalue weighted by Gasteiger charge is -2.45. The minimum absolute atomic E-state index is 0.0108. The summed E-state index contributed by atoms with van der Waals surface area (Å²) in [6.45, 7) is 4.88. The van der Waals surface area contributed by atoms with E-state index in [4.69, 9.17) is 30.3 Å². The van der Waals surface area contributed by atoms with Crippen LogP contribution in [0.4, 0.5) is 16.4 Å². The number of H-pyrrole nitrogens is 1. The molecule has 446 valence electrons. The number of aliphatic carboxylic acids is 2. The van der Waals surface area contributed by atoms with Gasteiger partial charge >= 0.3 is 18.0 Å². The smallest absolute Gasteiger partial charge is 0.332 e. The van der Waals surface area contributed by atoms with E-state index in [1.165, 1.54) is 12.0 Å². The predicted octanol–water partition coefficient (Wildman–Crippen LogP) is 3.36. The number of aromatic nitrogens is 4. The van der Waals surface area contributed by atoms with Crippen LogP contribution in [0.1, 0.15) is 81.5 Å². The highest BCUT2D eigenvalue weighted by molar-refractivity contribution is 6.07. The maximum Gasteiger partial charge on any atom is 0.332 e. The number of nitrogens with two attached hydrogens (primary N) is 1. The number of fused-ring (bicyclic) bond motifs is 2. The molecule has 85 heavy (non-hydrogen) atoms. The number of nitrogens with one attached hydrogen (secondary N) is 4. The maximum absolute atomic E-state index is 13.9. The summed E-state index contributed by atoms with van der Waals surface area (Å²) in [5.74, 6) is 1.77. The van der Waals surface area contributed by atoms with Gasteiger partial charge in [-0.2, -0.15) is 0 Å². The number of carboxylic acids is 2. The maximum atomic E-state index is 13.9. The molecule has 0 radical (unpaired) electrons. The number of piperidine rings is 2. The van der Waals surface area contributed by atoms with Gasteiger partial charge in [-0.15, -0.1) is 0 Å². The van der Waals surface area contributed by atoms with Gasteiger partial charge in [0.25, 0.3) is 5.56 Å². The zero-order valence-electron chi connectivity index (χ0n) is 47.6. The highest BCUT2D eigenvalue weighted by Gasteiger charge is 2.44. The van der Waals surface area contributed by atoms with Crippen molar-refractivity contribution >= 4 is 69.1 Å². The molecule has 10 rings (SSSR count). The average molecular weight is 1160 g/mol. The Hall–Kier alpha value is -8.73. The number of aromatic amines is 1. The van der Waals surface area contributed by atoms with Crippen LogP contribution < -0.4 is 41.8 Å². The van der Waals surface area contributed by atoms with Crippen molar-refractivity contribution in [3.8, 4) is 28.7 Å². The Morgan fingerprint density at radius 2 is 1.64 bits per heavy atom. The van der Waals surface area contributed by atoms with Crippen molar-refractivity contribution in [3.63, 3.8) is 0 Å². The Kier molecular flexibility index (Phi) is 17.6. The van der Waals surface area contributed by atoms with Crippen LogP contribution in [-0.4, -0.2) is 170 Å². The van der Waals surface area contributed by atoms with Gasteiger partial charge in [0.05, 0.1) is 62.1 Å². The third-order valence-corrected chi connectivity index (χ3v) is 16.6. The molecule has 3 aromatic heterocycles. The van der Waals surface area contributed by atoms with Crippen LogP contribution in [0.3, 0.4) is 0 Å². The summed E-state index contributed by atoms with van der Waals surface area (Å²) >= 11 is 0. The average Bonchev–Trinajstić information content (AvgIpc) is 2.59. The van der Waals surface area contributed by atoms with E-state index >= 15 is 0 Å². The number of anilines is 2. The molecule has 24 heteroatoms. The molecule has 6 heterocycles. The number of aliphatic hydroxyl groups is 1. The van der Waals surface area contributed by atoms with Crippen molar-refractivity contribution in [2.45, 2.75) is 100 Å². The fraction of sp³-hybridized carbons (Fsp3) is 0.426. The van der Waals surface area contributed by atoms with Crippen molar-refractivity contribution in [1.29, 1.82) is 0 Å². The molecule has 4 aliphatic rings. The van der Waals surface area contributed by atoms with Crippen molar-refractivity contribution in [1.82, 2.24) is 45.3 Å². The molecule has 1 aliphatic carbocycles. The number of carbonyl (C=O) groups excluding carboxylic acids is 4. The zero-order valence-corrected chi connectivity index (χ0v) is 47.6. The second-order valence-corrected chi connectivity index (χ2v) is 22.4. The minimum Gasteiger partial charge on any atom is -0.495 e. The number of ether oxygens (including phenoxy) is 2. The number of hydrogen-bond acceptors (Lipinski definition) is 16. The van der Waals surface area contributed by atoms with Gasteiger partial charge in [-0.1, -0.05) is 48.2 Å². The first-order chi connectivity index (χ1) is 40.9. The first-order valence-electron chi connectivity index (χ1n) is 28.5. The van der Waals surface area contributed by atoms with Gasteiger partial charge in [0, 0.05) is 92.1 Å². The summed E-state index contributed by atoms with van der Waals surface area (Å²) in [5.41, 5.74) is 9.33. The molecular weight excluding hydrogens is 1090 g/mol. The summed E-state index contributed by atoms with van der Waals surface area (Å²) in [6, 6.07) is 19.2. The topological polar surface area (TPSA) is 320 Å². The molecule has 0 unspecified atom stereocenters. The molecule has 0 spiro atoms. The van der Waals surface area contributed by atoms with E-state index in [1.54, 1.807) is 36.0 Å². The lowest BCUT2D eigenvalue weighted by atomic mass is 9.87. The molecule has 3 atom stereocenters. The number of aliphatic hydroxyl groups excluding tert-OH is 1. The number of rotatable bonds is 21. The molecule has 3 aromatic carbocycles. The second kappa shape index (κ2) is 25.2. The van der Waals surface area contributed by atoms with Gasteiger partial charge in [-0.05, 0) is 93.0 Å². The van der Waals surface area contributed by atoms with Gasteiger partial charge in [0.2, 0.25) is 23.7 Å². The number of methoxy groups -OCH3 is 1. The second-order valence-electron chi connectivity index (χ2n) is 22.4. The summed E-state index contributed by atoms with van der Waals surface area (Å²) in [4.78, 5) is 109. The molecule has 24 nitrogen and oxygen atoms in total. The first kappa shape index (κ1) is 59.4. The van der Waals surface area contributed by atoms with E-state index in [1.807, 2.05) is 54.7 Å². The molecule has 5 amide bonds. The van der Waals surface area contributed by atoms with Crippen molar-refractivity contribution in [2.24, 2.45) is 12.8 Å². The molecule has 3 saturated heterocycles. The normalized spacial score (nSPS) is 18.1. The number of hydrogen-bond donors (Lipinski definition) is 8. The van der Waals surface area contributed by atoms with Crippen LogP contribution >= 0.6 is 0 Å². The van der Waals surface area contributed by atoms with Crippen LogP contribution in [0.25, 0.3) is 32.9 Å². The first-order valence-corrected chi connectivity index (χ1v) is 28.5. The van der Waals surface area contributed by atoms with Crippen LogP contribution in [0.5, 0.6) is 5.75 Å². The fourth-order valence-electron chi connectivity index (χ4n) is 11.5. The summed E-state index contributed by atoms with van der Waals surface area (Å²) < 4.78 is 14.1. The van der Waals surface area contributed by atoms with E-state index in [2.05, 4.69) is 55.6 Å². The molecule has 9 N–H and O–H groups in total.